The van der Waals surface area contributed by atoms with E-state index in [9.17, 15) is 9.59 Å². The largest absolute Gasteiger partial charge is 0.486 e. The summed E-state index contributed by atoms with van der Waals surface area (Å²) in [5.41, 5.74) is 0. The highest BCUT2D eigenvalue weighted by atomic mass is 16.6. The molecule has 1 heterocycles. The van der Waals surface area contributed by atoms with Crippen molar-refractivity contribution in [1.29, 1.82) is 0 Å². The van der Waals surface area contributed by atoms with Crippen LogP contribution < -0.4 is 20.1 Å². The molecule has 1 aromatic carbocycles. The van der Waals surface area contributed by atoms with Gasteiger partial charge in [-0.1, -0.05) is 31.4 Å². The number of urea groups is 1. The van der Waals surface area contributed by atoms with Crippen LogP contribution in [0.15, 0.2) is 24.3 Å². The van der Waals surface area contributed by atoms with Gasteiger partial charge in [-0.05, 0) is 32.0 Å². The van der Waals surface area contributed by atoms with E-state index in [-0.39, 0.29) is 24.6 Å². The third-order valence-corrected chi connectivity index (χ3v) is 4.69. The molecule has 142 valence electrons. The Morgan fingerprint density at radius 3 is 2.65 bits per heavy atom. The van der Waals surface area contributed by atoms with Gasteiger partial charge in [0.05, 0.1) is 6.54 Å². The minimum atomic E-state index is -0.401. The molecule has 0 saturated heterocycles. The Kier molecular flexibility index (Phi) is 6.33. The summed E-state index contributed by atoms with van der Waals surface area (Å²) >= 11 is 0. The average Bonchev–Trinajstić information content (AvgIpc) is 2.62. The van der Waals surface area contributed by atoms with Crippen molar-refractivity contribution in [2.45, 2.75) is 44.2 Å². The van der Waals surface area contributed by atoms with E-state index in [2.05, 4.69) is 10.6 Å². The maximum Gasteiger partial charge on any atom is 0.321 e. The molecular weight excluding hydrogens is 334 g/mol. The second-order valence-corrected chi connectivity index (χ2v) is 7.05. The van der Waals surface area contributed by atoms with Gasteiger partial charge in [0.2, 0.25) is 5.91 Å². The number of carbonyl (C=O) groups is 2. The van der Waals surface area contributed by atoms with Crippen molar-refractivity contribution in [3.05, 3.63) is 24.3 Å². The maximum atomic E-state index is 12.1. The SMILES string of the molecule is CN(CC(=O)NC(=O)NC1CCCCC1)CC1COc2ccccc2O1. The average molecular weight is 361 g/mol. The molecule has 1 atom stereocenters. The predicted molar refractivity (Wildman–Crippen MR) is 97.4 cm³/mol. The lowest BCUT2D eigenvalue weighted by molar-refractivity contribution is -0.121. The molecule has 1 aromatic rings. The molecule has 1 fully saturated rings. The number of nitrogens with zero attached hydrogens (tertiary/aromatic N) is 1. The van der Waals surface area contributed by atoms with Crippen LogP contribution in [0.25, 0.3) is 0 Å². The summed E-state index contributed by atoms with van der Waals surface area (Å²) in [6.07, 6.45) is 5.31. The second-order valence-electron chi connectivity index (χ2n) is 7.05. The van der Waals surface area contributed by atoms with E-state index in [1.807, 2.05) is 36.2 Å². The van der Waals surface area contributed by atoms with E-state index < -0.39 is 6.03 Å². The summed E-state index contributed by atoms with van der Waals surface area (Å²) < 4.78 is 11.6. The normalized spacial score (nSPS) is 19.8. The maximum absolute atomic E-state index is 12.1. The number of carbonyl (C=O) groups excluding carboxylic acids is 2. The Balaban J connectivity index is 1.38. The second kappa shape index (κ2) is 8.89. The van der Waals surface area contributed by atoms with Crippen LogP contribution in [0, 0.1) is 0 Å². The molecule has 0 spiro atoms. The molecule has 7 nitrogen and oxygen atoms in total. The zero-order chi connectivity index (χ0) is 18.4. The van der Waals surface area contributed by atoms with Gasteiger partial charge in [0, 0.05) is 12.6 Å². The molecule has 0 radical (unpaired) electrons. The lowest BCUT2D eigenvalue weighted by Crippen LogP contribution is -2.49. The van der Waals surface area contributed by atoms with Gasteiger partial charge in [-0.2, -0.15) is 0 Å². The number of likely N-dealkylation sites (N-methyl/N-ethyl adjacent to an activating group) is 1. The molecule has 0 bridgehead atoms. The number of benzene rings is 1. The van der Waals surface area contributed by atoms with E-state index in [0.717, 1.165) is 31.4 Å². The van der Waals surface area contributed by atoms with Crippen LogP contribution in [0.5, 0.6) is 11.5 Å². The Hall–Kier alpha value is -2.28. The van der Waals surface area contributed by atoms with Crippen molar-refractivity contribution in [3.8, 4) is 11.5 Å². The number of amides is 3. The van der Waals surface area contributed by atoms with Gasteiger partial charge in [-0.3, -0.25) is 15.0 Å². The minimum Gasteiger partial charge on any atom is -0.486 e. The van der Waals surface area contributed by atoms with Crippen LogP contribution in [-0.2, 0) is 4.79 Å². The summed E-state index contributed by atoms with van der Waals surface area (Å²) in [5.74, 6) is 1.13. The van der Waals surface area contributed by atoms with Crippen molar-refractivity contribution >= 4 is 11.9 Å². The molecule has 26 heavy (non-hydrogen) atoms. The van der Waals surface area contributed by atoms with Crippen molar-refractivity contribution < 1.29 is 19.1 Å². The molecule has 1 saturated carbocycles. The number of hydrogen-bond donors (Lipinski definition) is 2. The van der Waals surface area contributed by atoms with Gasteiger partial charge in [-0.15, -0.1) is 0 Å². The van der Waals surface area contributed by atoms with Crippen LogP contribution in [0.4, 0.5) is 4.79 Å². The molecule has 2 N–H and O–H groups in total. The summed E-state index contributed by atoms with van der Waals surface area (Å²) in [4.78, 5) is 25.8. The predicted octanol–water partition coefficient (Wildman–Crippen LogP) is 1.92. The van der Waals surface area contributed by atoms with E-state index in [0.29, 0.717) is 18.9 Å². The van der Waals surface area contributed by atoms with Gasteiger partial charge < -0.3 is 14.8 Å². The molecule has 0 aromatic heterocycles. The van der Waals surface area contributed by atoms with E-state index >= 15 is 0 Å². The Bertz CT molecular complexity index is 631. The number of fused-ring (bicyclic) bond motifs is 1. The smallest absolute Gasteiger partial charge is 0.321 e. The van der Waals surface area contributed by atoms with Crippen LogP contribution in [0.1, 0.15) is 32.1 Å². The van der Waals surface area contributed by atoms with Gasteiger partial charge in [0.1, 0.15) is 12.7 Å². The summed E-state index contributed by atoms with van der Waals surface area (Å²) in [7, 11) is 1.82. The zero-order valence-electron chi connectivity index (χ0n) is 15.2. The number of nitrogens with one attached hydrogen (secondary N) is 2. The van der Waals surface area contributed by atoms with Crippen LogP contribution in [0.3, 0.4) is 0 Å². The molecular formula is C19H27N3O4. The lowest BCUT2D eigenvalue weighted by atomic mass is 9.96. The summed E-state index contributed by atoms with van der Waals surface area (Å²) in [6, 6.07) is 7.31. The van der Waals surface area contributed by atoms with Crippen LogP contribution >= 0.6 is 0 Å². The highest BCUT2D eigenvalue weighted by molar-refractivity contribution is 5.95. The third-order valence-electron chi connectivity index (χ3n) is 4.69. The number of ether oxygens (including phenoxy) is 2. The number of hydrogen-bond acceptors (Lipinski definition) is 5. The minimum absolute atomic E-state index is 0.125. The zero-order valence-corrected chi connectivity index (χ0v) is 15.2. The molecule has 1 aliphatic carbocycles. The monoisotopic (exact) mass is 361 g/mol. The Morgan fingerprint density at radius 2 is 1.88 bits per heavy atom. The van der Waals surface area contributed by atoms with Crippen molar-refractivity contribution in [2.75, 3.05) is 26.7 Å². The van der Waals surface area contributed by atoms with E-state index in [4.69, 9.17) is 9.47 Å². The van der Waals surface area contributed by atoms with Gasteiger partial charge >= 0.3 is 6.03 Å². The number of imide groups is 1. The molecule has 2 aliphatic rings. The molecule has 3 rings (SSSR count). The molecule has 3 amide bonds. The fourth-order valence-corrected chi connectivity index (χ4v) is 3.44. The molecule has 1 unspecified atom stereocenters. The number of rotatable bonds is 5. The Labute approximate surface area is 154 Å². The van der Waals surface area contributed by atoms with Gasteiger partial charge in [0.15, 0.2) is 11.5 Å². The fourth-order valence-electron chi connectivity index (χ4n) is 3.44. The highest BCUT2D eigenvalue weighted by Crippen LogP contribution is 2.30. The van der Waals surface area contributed by atoms with Crippen molar-refractivity contribution in [2.24, 2.45) is 0 Å². The van der Waals surface area contributed by atoms with E-state index in [1.54, 1.807) is 0 Å². The summed E-state index contributed by atoms with van der Waals surface area (Å²) in [6.45, 7) is 1.09. The quantitative estimate of drug-likeness (QED) is 0.838. The fraction of sp³-hybridized carbons (Fsp3) is 0.579. The van der Waals surface area contributed by atoms with Gasteiger partial charge in [0.25, 0.3) is 0 Å². The van der Waals surface area contributed by atoms with E-state index in [1.165, 1.54) is 6.42 Å². The van der Waals surface area contributed by atoms with Crippen molar-refractivity contribution in [1.82, 2.24) is 15.5 Å². The first kappa shape index (κ1) is 18.5. The van der Waals surface area contributed by atoms with Crippen LogP contribution in [0.2, 0.25) is 0 Å². The third kappa shape index (κ3) is 5.36. The highest BCUT2D eigenvalue weighted by Gasteiger charge is 2.23. The first-order chi connectivity index (χ1) is 12.6. The Morgan fingerprint density at radius 1 is 1.15 bits per heavy atom. The summed E-state index contributed by atoms with van der Waals surface area (Å²) in [5, 5.41) is 5.29. The van der Waals surface area contributed by atoms with Crippen LogP contribution in [-0.4, -0.2) is 55.7 Å². The molecule has 1 aliphatic heterocycles. The first-order valence-corrected chi connectivity index (χ1v) is 9.27. The topological polar surface area (TPSA) is 79.9 Å². The van der Waals surface area contributed by atoms with Crippen molar-refractivity contribution in [3.63, 3.8) is 0 Å². The lowest BCUT2D eigenvalue weighted by Gasteiger charge is -2.29. The standard InChI is InChI=1S/C19H27N3O4/c1-22(11-15-13-25-16-9-5-6-10-17(16)26-15)12-18(23)21-19(24)20-14-7-3-2-4-8-14/h5-6,9-10,14-15H,2-4,7-8,11-13H2,1H3,(H2,20,21,23,24). The number of para-hydroxylation sites is 2. The van der Waals surface area contributed by atoms with Gasteiger partial charge in [-0.25, -0.2) is 4.79 Å². The molecule has 7 heteroatoms. The first-order valence-electron chi connectivity index (χ1n) is 9.27.